The molecule has 1 aromatic carbocycles. The summed E-state index contributed by atoms with van der Waals surface area (Å²) >= 11 is 0. The second kappa shape index (κ2) is 6.65. The number of aromatic amines is 1. The van der Waals surface area contributed by atoms with Crippen molar-refractivity contribution in [3.8, 4) is 11.4 Å². The quantitative estimate of drug-likeness (QED) is 0.712. The summed E-state index contributed by atoms with van der Waals surface area (Å²) in [5.74, 6) is -0.323. The van der Waals surface area contributed by atoms with Crippen LogP contribution in [-0.2, 0) is 11.2 Å². The molecule has 2 heterocycles. The molecule has 0 bridgehead atoms. The summed E-state index contributed by atoms with van der Waals surface area (Å²) in [7, 11) is 1.40. The molecular formula is C19H20N2O2. The number of pyridine rings is 1. The minimum atomic E-state index is -0.323. The van der Waals surface area contributed by atoms with Gasteiger partial charge < -0.3 is 9.72 Å². The van der Waals surface area contributed by atoms with E-state index in [0.717, 1.165) is 41.6 Å². The van der Waals surface area contributed by atoms with Crippen molar-refractivity contribution in [3.63, 3.8) is 0 Å². The zero-order chi connectivity index (χ0) is 16.2. The van der Waals surface area contributed by atoms with Crippen molar-refractivity contribution in [1.82, 2.24) is 9.97 Å². The number of H-pyrrole nitrogens is 1. The fraction of sp³-hybridized carbons (Fsp3) is 0.263. The number of hydrogen-bond acceptors (Lipinski definition) is 3. The Kier molecular flexibility index (Phi) is 4.42. The van der Waals surface area contributed by atoms with E-state index in [1.807, 2.05) is 36.4 Å². The smallest absolute Gasteiger partial charge is 0.337 e. The van der Waals surface area contributed by atoms with E-state index >= 15 is 0 Å². The monoisotopic (exact) mass is 308 g/mol. The highest BCUT2D eigenvalue weighted by Crippen LogP contribution is 2.31. The Morgan fingerprint density at radius 2 is 2.13 bits per heavy atom. The maximum Gasteiger partial charge on any atom is 0.337 e. The van der Waals surface area contributed by atoms with Gasteiger partial charge in [0.15, 0.2) is 0 Å². The van der Waals surface area contributed by atoms with Gasteiger partial charge in [-0.3, -0.25) is 4.98 Å². The third-order valence-corrected chi connectivity index (χ3v) is 4.03. The molecule has 4 heteroatoms. The first kappa shape index (κ1) is 15.3. The van der Waals surface area contributed by atoms with Gasteiger partial charge in [0, 0.05) is 17.1 Å². The second-order valence-electron chi connectivity index (χ2n) is 5.55. The van der Waals surface area contributed by atoms with Crippen LogP contribution in [0.5, 0.6) is 0 Å². The predicted octanol–water partition coefficient (Wildman–Crippen LogP) is 4.36. The zero-order valence-corrected chi connectivity index (χ0v) is 13.4. The largest absolute Gasteiger partial charge is 0.465 e. The normalized spacial score (nSPS) is 10.9. The van der Waals surface area contributed by atoms with E-state index in [2.05, 4.69) is 16.9 Å². The first-order chi connectivity index (χ1) is 11.2. The van der Waals surface area contributed by atoms with Gasteiger partial charge in [-0.25, -0.2) is 4.79 Å². The van der Waals surface area contributed by atoms with E-state index in [-0.39, 0.29) is 5.97 Å². The van der Waals surface area contributed by atoms with Crippen LogP contribution < -0.4 is 0 Å². The van der Waals surface area contributed by atoms with Gasteiger partial charge in [-0.15, -0.1) is 0 Å². The molecule has 0 radical (unpaired) electrons. The van der Waals surface area contributed by atoms with Crippen LogP contribution >= 0.6 is 0 Å². The Bertz CT molecular complexity index is 822. The van der Waals surface area contributed by atoms with Gasteiger partial charge in [0.05, 0.1) is 24.1 Å². The fourth-order valence-corrected chi connectivity index (χ4v) is 2.84. The Morgan fingerprint density at radius 3 is 2.83 bits per heavy atom. The van der Waals surface area contributed by atoms with E-state index in [1.54, 1.807) is 6.20 Å². The number of carbonyl (C=O) groups is 1. The van der Waals surface area contributed by atoms with Crippen molar-refractivity contribution in [1.29, 1.82) is 0 Å². The highest BCUT2D eigenvalue weighted by atomic mass is 16.5. The summed E-state index contributed by atoms with van der Waals surface area (Å²) in [6, 6.07) is 11.6. The van der Waals surface area contributed by atoms with E-state index < -0.39 is 0 Å². The van der Waals surface area contributed by atoms with Crippen LogP contribution in [0.4, 0.5) is 0 Å². The summed E-state index contributed by atoms with van der Waals surface area (Å²) in [6.45, 7) is 2.19. The van der Waals surface area contributed by atoms with Crippen molar-refractivity contribution < 1.29 is 9.53 Å². The number of unbranched alkanes of at least 4 members (excludes halogenated alkanes) is 1. The number of nitrogens with zero attached hydrogens (tertiary/aromatic N) is 1. The van der Waals surface area contributed by atoms with Crippen molar-refractivity contribution in [2.24, 2.45) is 0 Å². The minimum Gasteiger partial charge on any atom is -0.465 e. The van der Waals surface area contributed by atoms with Gasteiger partial charge >= 0.3 is 5.97 Å². The molecule has 3 aromatic rings. The predicted molar refractivity (Wildman–Crippen MR) is 91.5 cm³/mol. The second-order valence-corrected chi connectivity index (χ2v) is 5.55. The number of hydrogen-bond donors (Lipinski definition) is 1. The molecule has 0 saturated carbocycles. The number of carbonyl (C=O) groups excluding carboxylic acids is 1. The molecule has 0 saturated heterocycles. The Hall–Kier alpha value is -2.62. The van der Waals surface area contributed by atoms with Crippen LogP contribution in [0.2, 0.25) is 0 Å². The van der Waals surface area contributed by atoms with Gasteiger partial charge in [-0.1, -0.05) is 25.5 Å². The number of methoxy groups -OCH3 is 1. The zero-order valence-electron chi connectivity index (χ0n) is 13.4. The first-order valence-corrected chi connectivity index (χ1v) is 7.89. The third-order valence-electron chi connectivity index (χ3n) is 4.03. The molecule has 3 rings (SSSR count). The average molecular weight is 308 g/mol. The molecule has 0 amide bonds. The number of fused-ring (bicyclic) bond motifs is 1. The number of benzene rings is 1. The highest BCUT2D eigenvalue weighted by molar-refractivity contribution is 5.97. The SMILES string of the molecule is CCCCc1c(-c2ccccn2)[nH]c2cc(C(=O)OC)ccc12. The van der Waals surface area contributed by atoms with Crippen LogP contribution in [0, 0.1) is 0 Å². The molecule has 0 unspecified atom stereocenters. The number of rotatable bonds is 5. The third kappa shape index (κ3) is 2.97. The highest BCUT2D eigenvalue weighted by Gasteiger charge is 2.15. The molecule has 1 N–H and O–H groups in total. The molecule has 0 fully saturated rings. The summed E-state index contributed by atoms with van der Waals surface area (Å²) in [4.78, 5) is 19.6. The van der Waals surface area contributed by atoms with Crippen LogP contribution in [0.1, 0.15) is 35.7 Å². The molecule has 0 aliphatic rings. The Labute approximate surface area is 135 Å². The number of aromatic nitrogens is 2. The maximum atomic E-state index is 11.7. The summed E-state index contributed by atoms with van der Waals surface area (Å²) in [6.07, 6.45) is 5.03. The van der Waals surface area contributed by atoms with Crippen molar-refractivity contribution in [3.05, 3.63) is 53.7 Å². The number of aryl methyl sites for hydroxylation is 1. The molecule has 0 spiro atoms. The number of nitrogens with one attached hydrogen (secondary N) is 1. The van der Waals surface area contributed by atoms with E-state index in [4.69, 9.17) is 4.74 Å². The lowest BCUT2D eigenvalue weighted by atomic mass is 10.0. The first-order valence-electron chi connectivity index (χ1n) is 7.89. The molecule has 23 heavy (non-hydrogen) atoms. The number of esters is 1. The Morgan fingerprint density at radius 1 is 1.26 bits per heavy atom. The lowest BCUT2D eigenvalue weighted by Gasteiger charge is -2.04. The van der Waals surface area contributed by atoms with Crippen molar-refractivity contribution in [2.75, 3.05) is 7.11 Å². The van der Waals surface area contributed by atoms with Gasteiger partial charge in [0.2, 0.25) is 0 Å². The Balaban J connectivity index is 2.15. The topological polar surface area (TPSA) is 55.0 Å². The minimum absolute atomic E-state index is 0.323. The van der Waals surface area contributed by atoms with E-state index in [1.165, 1.54) is 12.7 Å². The van der Waals surface area contributed by atoms with E-state index in [9.17, 15) is 4.79 Å². The molecule has 118 valence electrons. The summed E-state index contributed by atoms with van der Waals surface area (Å²) < 4.78 is 4.81. The van der Waals surface area contributed by atoms with Gasteiger partial charge in [0.25, 0.3) is 0 Å². The standard InChI is InChI=1S/C19H20N2O2/c1-3-4-7-15-14-10-9-13(19(22)23-2)12-17(14)21-18(15)16-8-5-6-11-20-16/h5-6,8-12,21H,3-4,7H2,1-2H3. The van der Waals surface area contributed by atoms with Crippen LogP contribution in [0.25, 0.3) is 22.3 Å². The van der Waals surface area contributed by atoms with Crippen LogP contribution in [-0.4, -0.2) is 23.0 Å². The maximum absolute atomic E-state index is 11.7. The molecule has 0 aliphatic heterocycles. The summed E-state index contributed by atoms with van der Waals surface area (Å²) in [5, 5.41) is 1.15. The van der Waals surface area contributed by atoms with Crippen molar-refractivity contribution >= 4 is 16.9 Å². The lowest BCUT2D eigenvalue weighted by molar-refractivity contribution is 0.0601. The molecular weight excluding hydrogens is 288 g/mol. The van der Waals surface area contributed by atoms with Crippen molar-refractivity contribution in [2.45, 2.75) is 26.2 Å². The molecule has 0 atom stereocenters. The van der Waals surface area contributed by atoms with Crippen LogP contribution in [0.15, 0.2) is 42.6 Å². The van der Waals surface area contributed by atoms with E-state index in [0.29, 0.717) is 5.56 Å². The van der Waals surface area contributed by atoms with Crippen LogP contribution in [0.3, 0.4) is 0 Å². The van der Waals surface area contributed by atoms with Gasteiger partial charge in [0.1, 0.15) is 0 Å². The fourth-order valence-electron chi connectivity index (χ4n) is 2.84. The average Bonchev–Trinajstić information content (AvgIpc) is 2.97. The summed E-state index contributed by atoms with van der Waals surface area (Å²) in [5.41, 5.74) is 4.72. The molecule has 2 aromatic heterocycles. The van der Waals surface area contributed by atoms with Gasteiger partial charge in [-0.05, 0) is 42.7 Å². The lowest BCUT2D eigenvalue weighted by Crippen LogP contribution is -2.00. The molecule has 4 nitrogen and oxygen atoms in total. The van der Waals surface area contributed by atoms with Gasteiger partial charge in [-0.2, -0.15) is 0 Å². The number of ether oxygens (including phenoxy) is 1. The molecule has 0 aliphatic carbocycles.